The van der Waals surface area contributed by atoms with Crippen LogP contribution in [0.5, 0.6) is 11.8 Å². The molecular weight excluding hydrogens is 511 g/mol. The number of nitrogens with zero attached hydrogens (tertiary/aromatic N) is 5. The molecule has 1 atom stereocenters. The first-order valence-electron chi connectivity index (χ1n) is 14.4. The summed E-state index contributed by atoms with van der Waals surface area (Å²) in [6.07, 6.45) is 5.82. The first-order valence-corrected chi connectivity index (χ1v) is 14.4. The molecule has 40 heavy (non-hydrogen) atoms. The van der Waals surface area contributed by atoms with Crippen molar-refractivity contribution < 1.29 is 19.0 Å². The fourth-order valence-electron chi connectivity index (χ4n) is 7.32. The molecule has 3 saturated heterocycles. The van der Waals surface area contributed by atoms with Crippen molar-refractivity contribution in [2.24, 2.45) is 5.73 Å². The Labute approximate surface area is 232 Å². The SMILES string of the molecule is CCc1c(F)ccc2cc(O)cc(N3Cc4nc(OCC56CCCN5CCC6)nc(N5CCC(N)C5)c4C3=O)c12. The zero-order valence-corrected chi connectivity index (χ0v) is 22.8. The van der Waals surface area contributed by atoms with Gasteiger partial charge in [0.15, 0.2) is 0 Å². The number of benzene rings is 2. The molecular formula is C30H35FN6O3. The van der Waals surface area contributed by atoms with Crippen LogP contribution < -0.4 is 20.3 Å². The van der Waals surface area contributed by atoms with Gasteiger partial charge >= 0.3 is 6.01 Å². The average Bonchev–Trinajstić information content (AvgIpc) is 3.70. The third-order valence-corrected chi connectivity index (χ3v) is 9.29. The zero-order chi connectivity index (χ0) is 27.6. The molecule has 9 nitrogen and oxygen atoms in total. The minimum atomic E-state index is -0.333. The first kappa shape index (κ1) is 25.5. The second-order valence-corrected chi connectivity index (χ2v) is 11.7. The van der Waals surface area contributed by atoms with E-state index in [1.54, 1.807) is 17.0 Å². The molecule has 7 rings (SSSR count). The van der Waals surface area contributed by atoms with E-state index in [-0.39, 0.29) is 41.6 Å². The quantitative estimate of drug-likeness (QED) is 0.482. The van der Waals surface area contributed by atoms with Crippen LogP contribution in [0.2, 0.25) is 0 Å². The van der Waals surface area contributed by atoms with Crippen molar-refractivity contribution in [2.75, 3.05) is 42.6 Å². The molecule has 0 aliphatic carbocycles. The molecule has 3 N–H and O–H groups in total. The normalized spacial score (nSPS) is 22.0. The number of halogens is 1. The van der Waals surface area contributed by atoms with Gasteiger partial charge in [-0.1, -0.05) is 13.0 Å². The lowest BCUT2D eigenvalue weighted by molar-refractivity contribution is 0.0996. The number of phenols is 1. The standard InChI is InChI=1S/C30H35FN6O3/c1-2-21-22(31)6-5-18-13-20(38)14-24(25(18)21)37-16-23-26(28(37)39)27(35-12-7-19(32)15-35)34-29(33-23)40-17-30-8-3-10-36(30)11-4-9-30/h5-6,13-14,19,38H,2-4,7-12,15-17,32H2,1H3. The van der Waals surface area contributed by atoms with E-state index in [1.165, 1.54) is 25.0 Å². The van der Waals surface area contributed by atoms with Crippen molar-refractivity contribution in [3.05, 3.63) is 46.9 Å². The van der Waals surface area contributed by atoms with Crippen molar-refractivity contribution in [1.82, 2.24) is 14.9 Å². The number of anilines is 2. The highest BCUT2D eigenvalue weighted by Crippen LogP contribution is 2.42. The molecule has 210 valence electrons. The van der Waals surface area contributed by atoms with Gasteiger partial charge in [-0.15, -0.1) is 0 Å². The van der Waals surface area contributed by atoms with Gasteiger partial charge in [0.2, 0.25) is 0 Å². The van der Waals surface area contributed by atoms with Crippen LogP contribution in [0.4, 0.5) is 15.9 Å². The molecule has 1 unspecified atom stereocenters. The zero-order valence-electron chi connectivity index (χ0n) is 22.8. The topological polar surface area (TPSA) is 108 Å². The van der Waals surface area contributed by atoms with Crippen LogP contribution in [0.25, 0.3) is 10.8 Å². The smallest absolute Gasteiger partial charge is 0.318 e. The van der Waals surface area contributed by atoms with Gasteiger partial charge in [0.05, 0.1) is 23.5 Å². The third kappa shape index (κ3) is 3.99. The maximum Gasteiger partial charge on any atom is 0.318 e. The van der Waals surface area contributed by atoms with E-state index in [9.17, 15) is 14.3 Å². The number of rotatable bonds is 6. The van der Waals surface area contributed by atoms with Crippen molar-refractivity contribution in [1.29, 1.82) is 0 Å². The number of fused-ring (bicyclic) bond motifs is 3. The van der Waals surface area contributed by atoms with Gasteiger partial charge in [-0.2, -0.15) is 9.97 Å². The summed E-state index contributed by atoms with van der Waals surface area (Å²) in [5, 5.41) is 11.8. The highest BCUT2D eigenvalue weighted by molar-refractivity contribution is 6.16. The van der Waals surface area contributed by atoms with Crippen molar-refractivity contribution in [3.63, 3.8) is 0 Å². The fourth-order valence-corrected chi connectivity index (χ4v) is 7.32. The summed E-state index contributed by atoms with van der Waals surface area (Å²) in [6, 6.07) is 6.45. The molecule has 3 aromatic rings. The first-order chi connectivity index (χ1) is 19.4. The molecule has 2 aromatic carbocycles. The summed E-state index contributed by atoms with van der Waals surface area (Å²) >= 11 is 0. The highest BCUT2D eigenvalue weighted by atomic mass is 19.1. The largest absolute Gasteiger partial charge is 0.508 e. The molecule has 10 heteroatoms. The lowest BCUT2D eigenvalue weighted by atomic mass is 9.95. The summed E-state index contributed by atoms with van der Waals surface area (Å²) in [6.45, 7) is 6.08. The van der Waals surface area contributed by atoms with E-state index in [4.69, 9.17) is 20.4 Å². The third-order valence-electron chi connectivity index (χ3n) is 9.29. The number of hydrogen-bond donors (Lipinski definition) is 2. The molecule has 1 aromatic heterocycles. The Kier molecular flexibility index (Phi) is 6.08. The maximum absolute atomic E-state index is 14.9. The van der Waals surface area contributed by atoms with Crippen LogP contribution in [0.15, 0.2) is 24.3 Å². The number of hydrogen-bond acceptors (Lipinski definition) is 8. The summed E-state index contributed by atoms with van der Waals surface area (Å²) < 4.78 is 21.2. The van der Waals surface area contributed by atoms with Gasteiger partial charge in [-0.05, 0) is 74.7 Å². The molecule has 3 fully saturated rings. The van der Waals surface area contributed by atoms with Crippen LogP contribution in [-0.4, -0.2) is 70.2 Å². The van der Waals surface area contributed by atoms with Gasteiger partial charge in [0, 0.05) is 30.6 Å². The Morgan fingerprint density at radius 3 is 2.70 bits per heavy atom. The van der Waals surface area contributed by atoms with Gasteiger partial charge in [0.25, 0.3) is 5.91 Å². The fraction of sp³-hybridized carbons (Fsp3) is 0.500. The number of carbonyl (C=O) groups excluding carboxylic acids is 1. The highest BCUT2D eigenvalue weighted by Gasteiger charge is 2.45. The van der Waals surface area contributed by atoms with Crippen LogP contribution >= 0.6 is 0 Å². The van der Waals surface area contributed by atoms with Gasteiger partial charge < -0.3 is 25.4 Å². The number of carbonyl (C=O) groups is 1. The lowest BCUT2D eigenvalue weighted by Crippen LogP contribution is -2.43. The van der Waals surface area contributed by atoms with Crippen LogP contribution in [0, 0.1) is 5.82 Å². The molecule has 4 aliphatic heterocycles. The Morgan fingerprint density at radius 1 is 1.18 bits per heavy atom. The van der Waals surface area contributed by atoms with E-state index < -0.39 is 0 Å². The number of aromatic hydroxyl groups is 1. The average molecular weight is 547 g/mol. The number of amides is 1. The molecule has 4 aliphatic rings. The number of phenolic OH excluding ortho intramolecular Hbond substituents is 1. The number of ether oxygens (including phenoxy) is 1. The van der Waals surface area contributed by atoms with Gasteiger partial charge in [-0.3, -0.25) is 9.69 Å². The molecule has 0 saturated carbocycles. The summed E-state index contributed by atoms with van der Waals surface area (Å²) in [7, 11) is 0. The Hall–Kier alpha value is -3.50. The van der Waals surface area contributed by atoms with Crippen LogP contribution in [0.3, 0.4) is 0 Å². The summed E-state index contributed by atoms with van der Waals surface area (Å²) in [5.41, 5.74) is 8.26. The summed E-state index contributed by atoms with van der Waals surface area (Å²) in [5.74, 6) is -0.0520. The molecule has 0 radical (unpaired) electrons. The van der Waals surface area contributed by atoms with Crippen LogP contribution in [-0.2, 0) is 13.0 Å². The van der Waals surface area contributed by atoms with Crippen molar-refractivity contribution >= 4 is 28.2 Å². The Morgan fingerprint density at radius 2 is 1.98 bits per heavy atom. The number of nitrogens with two attached hydrogens (primary N) is 1. The maximum atomic E-state index is 14.9. The number of aryl methyl sites for hydroxylation is 1. The second kappa shape index (κ2) is 9.55. The van der Waals surface area contributed by atoms with E-state index in [0.717, 1.165) is 32.4 Å². The predicted octanol–water partition coefficient (Wildman–Crippen LogP) is 3.74. The second-order valence-electron chi connectivity index (χ2n) is 11.7. The minimum absolute atomic E-state index is 0.00267. The Balaban J connectivity index is 1.29. The van der Waals surface area contributed by atoms with Crippen molar-refractivity contribution in [3.8, 4) is 11.8 Å². The van der Waals surface area contributed by atoms with Gasteiger partial charge in [0.1, 0.15) is 29.6 Å². The van der Waals surface area contributed by atoms with Crippen LogP contribution in [0.1, 0.15) is 60.6 Å². The van der Waals surface area contributed by atoms with E-state index in [2.05, 4.69) is 4.90 Å². The lowest BCUT2D eigenvalue weighted by Gasteiger charge is -2.31. The monoisotopic (exact) mass is 546 g/mol. The predicted molar refractivity (Wildman–Crippen MR) is 151 cm³/mol. The van der Waals surface area contributed by atoms with E-state index in [1.807, 2.05) is 11.8 Å². The van der Waals surface area contributed by atoms with E-state index >= 15 is 0 Å². The molecule has 1 amide bonds. The minimum Gasteiger partial charge on any atom is -0.508 e. The van der Waals surface area contributed by atoms with Gasteiger partial charge in [-0.25, -0.2) is 4.39 Å². The molecule has 0 bridgehead atoms. The molecule has 0 spiro atoms. The summed E-state index contributed by atoms with van der Waals surface area (Å²) in [4.78, 5) is 29.8. The number of aromatic nitrogens is 2. The van der Waals surface area contributed by atoms with E-state index in [0.29, 0.717) is 65.2 Å². The molecule has 5 heterocycles. The Bertz CT molecular complexity index is 1500. The van der Waals surface area contributed by atoms with Crippen molar-refractivity contribution in [2.45, 2.75) is 63.6 Å².